The highest BCUT2D eigenvalue weighted by molar-refractivity contribution is 6.09. The number of nitrogens with zero attached hydrogens (tertiary/aromatic N) is 1. The van der Waals surface area contributed by atoms with Crippen molar-refractivity contribution in [2.45, 2.75) is 19.8 Å². The summed E-state index contributed by atoms with van der Waals surface area (Å²) >= 11 is 0. The number of hydrogen-bond acceptors (Lipinski definition) is 4. The Morgan fingerprint density at radius 2 is 1.63 bits per heavy atom. The molecule has 0 aromatic heterocycles. The lowest BCUT2D eigenvalue weighted by Gasteiger charge is -2.25. The molecule has 1 atom stereocenters. The summed E-state index contributed by atoms with van der Waals surface area (Å²) in [6, 6.07) is 17.1. The monoisotopic (exact) mass is 355 g/mol. The van der Waals surface area contributed by atoms with Crippen LogP contribution in [0.3, 0.4) is 0 Å². The maximum absolute atomic E-state index is 13.0. The normalized spacial score (nSPS) is 16.6. The number of rotatable bonds is 1. The molecule has 5 rings (SSSR count). The van der Waals surface area contributed by atoms with Crippen LogP contribution in [0.4, 0.5) is 0 Å². The van der Waals surface area contributed by atoms with Crippen LogP contribution in [0.1, 0.15) is 29.5 Å². The van der Waals surface area contributed by atoms with E-state index in [-0.39, 0.29) is 17.3 Å². The fourth-order valence-corrected chi connectivity index (χ4v) is 4.06. The lowest BCUT2D eigenvalue weighted by molar-refractivity contribution is 0.0946. The van der Waals surface area contributed by atoms with Gasteiger partial charge in [-0.2, -0.15) is 0 Å². The summed E-state index contributed by atoms with van der Waals surface area (Å²) in [5, 5.41) is 0.790. The quantitative estimate of drug-likeness (QED) is 0.463. The lowest BCUT2D eigenvalue weighted by Crippen LogP contribution is -2.22. The number of carbonyl (C=O) groups excluding carboxylic acids is 1. The second kappa shape index (κ2) is 5.88. The van der Waals surface area contributed by atoms with Gasteiger partial charge in [-0.3, -0.25) is 9.59 Å². The van der Waals surface area contributed by atoms with Gasteiger partial charge in [0.2, 0.25) is 0 Å². The van der Waals surface area contributed by atoms with Crippen LogP contribution < -0.4 is 5.56 Å². The van der Waals surface area contributed by atoms with Crippen molar-refractivity contribution in [3.63, 3.8) is 0 Å². The van der Waals surface area contributed by atoms with Crippen LogP contribution in [0.5, 0.6) is 0 Å². The van der Waals surface area contributed by atoms with Crippen LogP contribution in [0, 0.1) is 5.92 Å². The average molecular weight is 355 g/mol. The zero-order valence-electron chi connectivity index (χ0n) is 14.9. The first-order valence-corrected chi connectivity index (χ1v) is 9.10. The largest absolute Gasteiger partial charge is 0.459 e. The van der Waals surface area contributed by atoms with Gasteiger partial charge in [-0.25, -0.2) is 4.98 Å². The summed E-state index contributed by atoms with van der Waals surface area (Å²) in [7, 11) is 0. The number of aromatic nitrogens is 1. The molecular weight excluding hydrogens is 338 g/mol. The fourth-order valence-electron chi connectivity index (χ4n) is 4.06. The standard InChI is InChI=1S/C23H17NO3/c1-13-11-17(25)20-18(12-13)27-22-15-9-5-6-10-16(15)24-23(26)21(22)19(20)14-7-3-2-4-8-14/h2-10,13H,11-12H2,1H3. The van der Waals surface area contributed by atoms with E-state index < -0.39 is 0 Å². The molecule has 0 radical (unpaired) electrons. The Bertz CT molecular complexity index is 1220. The van der Waals surface area contributed by atoms with E-state index in [1.54, 1.807) is 6.07 Å². The van der Waals surface area contributed by atoms with E-state index >= 15 is 0 Å². The van der Waals surface area contributed by atoms with Crippen molar-refractivity contribution in [1.82, 2.24) is 4.98 Å². The van der Waals surface area contributed by atoms with Gasteiger partial charge in [0.1, 0.15) is 11.5 Å². The molecule has 1 aliphatic carbocycles. The van der Waals surface area contributed by atoms with Crippen LogP contribution in [-0.4, -0.2) is 10.8 Å². The molecule has 1 unspecified atom stereocenters. The molecule has 0 saturated heterocycles. The van der Waals surface area contributed by atoms with Crippen molar-refractivity contribution in [2.24, 2.45) is 5.92 Å². The number of fused-ring (bicyclic) bond motifs is 4. The number of hydrogen-bond donors (Lipinski definition) is 0. The Morgan fingerprint density at radius 1 is 0.889 bits per heavy atom. The minimum Gasteiger partial charge on any atom is -0.459 e. The van der Waals surface area contributed by atoms with Crippen LogP contribution in [0.25, 0.3) is 33.4 Å². The maximum Gasteiger partial charge on any atom is 0.282 e. The summed E-state index contributed by atoms with van der Waals surface area (Å²) in [5.74, 6) is 1.43. The highest BCUT2D eigenvalue weighted by atomic mass is 16.3. The third-order valence-electron chi connectivity index (χ3n) is 5.22. The topological polar surface area (TPSA) is 60.2 Å². The van der Waals surface area contributed by atoms with E-state index in [0.717, 1.165) is 10.9 Å². The van der Waals surface area contributed by atoms with E-state index in [4.69, 9.17) is 4.42 Å². The van der Waals surface area contributed by atoms with Crippen molar-refractivity contribution < 1.29 is 9.21 Å². The van der Waals surface area contributed by atoms with E-state index in [1.165, 1.54) is 0 Å². The SMILES string of the molecule is CC1CC(=O)c2c(oc3c4ccccc4nc(=O)c-3c2-c2ccccc2)C1. The third-order valence-corrected chi connectivity index (χ3v) is 5.22. The Kier molecular flexibility index (Phi) is 3.47. The lowest BCUT2D eigenvalue weighted by atomic mass is 9.81. The summed E-state index contributed by atoms with van der Waals surface area (Å²) in [6.45, 7) is 2.05. The second-order valence-corrected chi connectivity index (χ2v) is 7.22. The van der Waals surface area contributed by atoms with E-state index in [9.17, 15) is 9.59 Å². The van der Waals surface area contributed by atoms with Gasteiger partial charge in [-0.1, -0.05) is 49.4 Å². The molecule has 0 saturated carbocycles. The number of pyridine rings is 1. The highest BCUT2D eigenvalue weighted by Gasteiger charge is 2.33. The van der Waals surface area contributed by atoms with Crippen molar-refractivity contribution in [3.8, 4) is 22.5 Å². The van der Waals surface area contributed by atoms with Gasteiger partial charge in [0.15, 0.2) is 5.78 Å². The Labute approximate surface area is 155 Å². The van der Waals surface area contributed by atoms with E-state index in [0.29, 0.717) is 46.6 Å². The molecule has 27 heavy (non-hydrogen) atoms. The Morgan fingerprint density at radius 3 is 2.44 bits per heavy atom. The molecular formula is C23H17NO3. The predicted octanol–water partition coefficient (Wildman–Crippen LogP) is 4.72. The second-order valence-electron chi connectivity index (χ2n) is 7.22. The van der Waals surface area contributed by atoms with Crippen LogP contribution in [0.15, 0.2) is 63.8 Å². The zero-order chi connectivity index (χ0) is 18.5. The fraction of sp³-hybridized carbons (Fsp3) is 0.174. The molecule has 4 nitrogen and oxygen atoms in total. The first-order chi connectivity index (χ1) is 13.1. The summed E-state index contributed by atoms with van der Waals surface area (Å²) in [4.78, 5) is 30.1. The zero-order valence-corrected chi connectivity index (χ0v) is 14.9. The molecule has 0 amide bonds. The van der Waals surface area contributed by atoms with Crippen molar-refractivity contribution in [2.75, 3.05) is 0 Å². The Hall–Kier alpha value is -3.27. The summed E-state index contributed by atoms with van der Waals surface area (Å²) in [5.41, 5.74) is 2.68. The van der Waals surface area contributed by atoms with Crippen LogP contribution in [0.2, 0.25) is 0 Å². The predicted molar refractivity (Wildman–Crippen MR) is 104 cm³/mol. The van der Waals surface area contributed by atoms with Crippen molar-refractivity contribution in [1.29, 1.82) is 0 Å². The summed E-state index contributed by atoms with van der Waals surface area (Å²) in [6.07, 6.45) is 1.14. The minimum atomic E-state index is -0.361. The average Bonchev–Trinajstić information content (AvgIpc) is 2.67. The van der Waals surface area contributed by atoms with Gasteiger partial charge in [-0.15, -0.1) is 0 Å². The van der Waals surface area contributed by atoms with Gasteiger partial charge in [0.05, 0.1) is 16.6 Å². The van der Waals surface area contributed by atoms with E-state index in [2.05, 4.69) is 4.98 Å². The number of benzene rings is 2. The minimum absolute atomic E-state index is 0.0285. The molecule has 4 heteroatoms. The maximum atomic E-state index is 13.0. The molecule has 0 fully saturated rings. The molecule has 2 aromatic carbocycles. The van der Waals surface area contributed by atoms with Gasteiger partial charge in [0, 0.05) is 23.8 Å². The molecule has 0 bridgehead atoms. The molecule has 2 aliphatic heterocycles. The van der Waals surface area contributed by atoms with Gasteiger partial charge >= 0.3 is 0 Å². The van der Waals surface area contributed by atoms with Crippen LogP contribution >= 0.6 is 0 Å². The Balaban J connectivity index is 2.01. The molecule has 2 aromatic rings. The first kappa shape index (κ1) is 15.9. The van der Waals surface area contributed by atoms with E-state index in [1.807, 2.05) is 55.5 Å². The van der Waals surface area contributed by atoms with Crippen molar-refractivity contribution in [3.05, 3.63) is 76.3 Å². The highest BCUT2D eigenvalue weighted by Crippen LogP contribution is 2.42. The molecule has 2 heterocycles. The van der Waals surface area contributed by atoms with Crippen molar-refractivity contribution >= 4 is 16.7 Å². The smallest absolute Gasteiger partial charge is 0.282 e. The number of carbonyl (C=O) groups is 1. The molecule has 3 aliphatic rings. The first-order valence-electron chi connectivity index (χ1n) is 9.10. The summed E-state index contributed by atoms with van der Waals surface area (Å²) < 4.78 is 6.22. The molecule has 132 valence electrons. The number of Topliss-reactive ketones (excluding diaryl/α,β-unsaturated/α-hetero) is 1. The molecule has 0 spiro atoms. The third kappa shape index (κ3) is 2.40. The number of ketones is 1. The molecule has 0 N–H and O–H groups in total. The van der Waals surface area contributed by atoms with Gasteiger partial charge in [-0.05, 0) is 23.6 Å². The van der Waals surface area contributed by atoms with Gasteiger partial charge < -0.3 is 4.42 Å². The van der Waals surface area contributed by atoms with Gasteiger partial charge in [0.25, 0.3) is 5.56 Å². The van der Waals surface area contributed by atoms with Crippen LogP contribution in [-0.2, 0) is 6.42 Å². The number of para-hydroxylation sites is 1.